The van der Waals surface area contributed by atoms with Crippen molar-refractivity contribution in [3.05, 3.63) is 50.4 Å². The number of nitrogens with one attached hydrogen (secondary N) is 1. The Morgan fingerprint density at radius 1 is 1.38 bits per heavy atom. The van der Waals surface area contributed by atoms with E-state index >= 15 is 0 Å². The number of rotatable bonds is 6. The van der Waals surface area contributed by atoms with Gasteiger partial charge in [-0.15, -0.1) is 11.3 Å². The normalized spacial score (nSPS) is 12.4. The number of halogens is 2. The van der Waals surface area contributed by atoms with Crippen LogP contribution in [0.2, 0.25) is 5.02 Å². The molecule has 114 valence electrons. The SMILES string of the molecule is CCCNC(c1cc(OC)cs1)c1cc(C)c(F)cc1Cl. The molecule has 0 aliphatic carbocycles. The number of hydrogen-bond acceptors (Lipinski definition) is 3. The van der Waals surface area contributed by atoms with Crippen molar-refractivity contribution in [2.24, 2.45) is 0 Å². The van der Waals surface area contributed by atoms with Crippen LogP contribution in [-0.2, 0) is 0 Å². The largest absolute Gasteiger partial charge is 0.496 e. The molecule has 0 saturated heterocycles. The lowest BCUT2D eigenvalue weighted by atomic mass is 10.0. The van der Waals surface area contributed by atoms with Crippen LogP contribution in [0.5, 0.6) is 5.75 Å². The van der Waals surface area contributed by atoms with Gasteiger partial charge in [0, 0.05) is 15.3 Å². The fourth-order valence-corrected chi connectivity index (χ4v) is 3.35. The maximum atomic E-state index is 13.6. The summed E-state index contributed by atoms with van der Waals surface area (Å²) in [5, 5.41) is 5.88. The van der Waals surface area contributed by atoms with E-state index in [2.05, 4.69) is 12.2 Å². The van der Waals surface area contributed by atoms with Gasteiger partial charge in [0.2, 0.25) is 0 Å². The molecule has 1 atom stereocenters. The van der Waals surface area contributed by atoms with Crippen LogP contribution < -0.4 is 10.1 Å². The molecule has 1 aromatic carbocycles. The second-order valence-electron chi connectivity index (χ2n) is 4.90. The summed E-state index contributed by atoms with van der Waals surface area (Å²) in [6.07, 6.45) is 1.01. The molecule has 1 N–H and O–H groups in total. The summed E-state index contributed by atoms with van der Waals surface area (Å²) < 4.78 is 18.9. The van der Waals surface area contributed by atoms with Crippen molar-refractivity contribution in [3.8, 4) is 5.75 Å². The van der Waals surface area contributed by atoms with Crippen LogP contribution in [0.1, 0.15) is 35.4 Å². The Balaban J connectivity index is 2.42. The average molecular weight is 328 g/mol. The Hall–Kier alpha value is -1.10. The molecule has 0 radical (unpaired) electrons. The highest BCUT2D eigenvalue weighted by atomic mass is 35.5. The Bertz CT molecular complexity index is 614. The minimum Gasteiger partial charge on any atom is -0.496 e. The van der Waals surface area contributed by atoms with Crippen LogP contribution in [0.25, 0.3) is 0 Å². The third-order valence-corrected chi connectivity index (χ3v) is 4.61. The third kappa shape index (κ3) is 3.76. The molecule has 0 aliphatic rings. The second-order valence-corrected chi connectivity index (χ2v) is 6.25. The number of methoxy groups -OCH3 is 1. The quantitative estimate of drug-likeness (QED) is 0.810. The molecule has 5 heteroatoms. The van der Waals surface area contributed by atoms with Gasteiger partial charge in [0.15, 0.2) is 0 Å². The molecule has 0 fully saturated rings. The first-order chi connectivity index (χ1) is 10.1. The number of aryl methyl sites for hydroxylation is 1. The number of benzene rings is 1. The molecular formula is C16H19ClFNOS. The standard InChI is InChI=1S/C16H19ClFNOS/c1-4-5-19-16(15-7-11(20-3)9-21-15)12-6-10(2)14(18)8-13(12)17/h6-9,16,19H,4-5H2,1-3H3. The minimum absolute atomic E-state index is 0.0503. The third-order valence-electron chi connectivity index (χ3n) is 3.30. The van der Waals surface area contributed by atoms with Crippen molar-refractivity contribution in [1.82, 2.24) is 5.32 Å². The van der Waals surface area contributed by atoms with Crippen molar-refractivity contribution in [3.63, 3.8) is 0 Å². The fourth-order valence-electron chi connectivity index (χ4n) is 2.15. The minimum atomic E-state index is -0.276. The topological polar surface area (TPSA) is 21.3 Å². The van der Waals surface area contributed by atoms with Crippen molar-refractivity contribution in [1.29, 1.82) is 0 Å². The number of ether oxygens (including phenoxy) is 1. The van der Waals surface area contributed by atoms with Crippen LogP contribution in [0.4, 0.5) is 4.39 Å². The first-order valence-electron chi connectivity index (χ1n) is 6.88. The van der Waals surface area contributed by atoms with E-state index < -0.39 is 0 Å². The van der Waals surface area contributed by atoms with E-state index in [1.54, 1.807) is 25.4 Å². The Kier molecular flexibility index (Phi) is 5.62. The molecular weight excluding hydrogens is 309 g/mol. The van der Waals surface area contributed by atoms with E-state index in [1.807, 2.05) is 17.5 Å². The first kappa shape index (κ1) is 16.3. The van der Waals surface area contributed by atoms with Gasteiger partial charge in [-0.2, -0.15) is 0 Å². The van der Waals surface area contributed by atoms with E-state index in [1.165, 1.54) is 6.07 Å². The van der Waals surface area contributed by atoms with Gasteiger partial charge in [0.25, 0.3) is 0 Å². The van der Waals surface area contributed by atoms with E-state index in [0.717, 1.165) is 29.2 Å². The summed E-state index contributed by atoms with van der Waals surface area (Å²) in [7, 11) is 1.65. The molecule has 0 saturated carbocycles. The maximum Gasteiger partial charge on any atom is 0.129 e. The van der Waals surface area contributed by atoms with Crippen LogP contribution in [0.3, 0.4) is 0 Å². The van der Waals surface area contributed by atoms with E-state index in [9.17, 15) is 4.39 Å². The molecule has 21 heavy (non-hydrogen) atoms. The zero-order chi connectivity index (χ0) is 15.4. The Labute approximate surface area is 133 Å². The van der Waals surface area contributed by atoms with Gasteiger partial charge in [-0.1, -0.05) is 18.5 Å². The summed E-state index contributed by atoms with van der Waals surface area (Å²) in [5.41, 5.74) is 1.50. The molecule has 0 spiro atoms. The monoisotopic (exact) mass is 327 g/mol. The second kappa shape index (κ2) is 7.25. The van der Waals surface area contributed by atoms with Gasteiger partial charge in [0.05, 0.1) is 13.2 Å². The summed E-state index contributed by atoms with van der Waals surface area (Å²) in [6.45, 7) is 4.72. The zero-order valence-electron chi connectivity index (χ0n) is 12.4. The molecule has 2 rings (SSSR count). The first-order valence-corrected chi connectivity index (χ1v) is 8.14. The van der Waals surface area contributed by atoms with Gasteiger partial charge in [-0.3, -0.25) is 0 Å². The molecule has 0 aliphatic heterocycles. The van der Waals surface area contributed by atoms with Gasteiger partial charge >= 0.3 is 0 Å². The summed E-state index contributed by atoms with van der Waals surface area (Å²) in [5.74, 6) is 0.551. The van der Waals surface area contributed by atoms with E-state index in [0.29, 0.717) is 10.6 Å². The smallest absolute Gasteiger partial charge is 0.129 e. The summed E-state index contributed by atoms with van der Waals surface area (Å²) in [4.78, 5) is 1.10. The lowest BCUT2D eigenvalue weighted by Gasteiger charge is -2.19. The van der Waals surface area contributed by atoms with Crippen molar-refractivity contribution in [2.45, 2.75) is 26.3 Å². The molecule has 1 aromatic heterocycles. The summed E-state index contributed by atoms with van der Waals surface area (Å²) >= 11 is 7.87. The molecule has 2 aromatic rings. The number of hydrogen-bond donors (Lipinski definition) is 1. The van der Waals surface area contributed by atoms with E-state index in [-0.39, 0.29) is 11.9 Å². The van der Waals surface area contributed by atoms with Gasteiger partial charge in [0.1, 0.15) is 11.6 Å². The molecule has 2 nitrogen and oxygen atoms in total. The molecule has 1 unspecified atom stereocenters. The number of thiophene rings is 1. The summed E-state index contributed by atoms with van der Waals surface area (Å²) in [6, 6.07) is 5.15. The van der Waals surface area contributed by atoms with Crippen LogP contribution in [-0.4, -0.2) is 13.7 Å². The molecule has 0 amide bonds. The van der Waals surface area contributed by atoms with Crippen LogP contribution in [0, 0.1) is 12.7 Å². The Morgan fingerprint density at radius 2 is 2.14 bits per heavy atom. The highest BCUT2D eigenvalue weighted by Crippen LogP contribution is 2.35. The van der Waals surface area contributed by atoms with E-state index in [4.69, 9.17) is 16.3 Å². The lowest BCUT2D eigenvalue weighted by molar-refractivity contribution is 0.416. The predicted octanol–water partition coefficient (Wildman–Crippen LogP) is 4.95. The van der Waals surface area contributed by atoms with Crippen molar-refractivity contribution in [2.75, 3.05) is 13.7 Å². The maximum absolute atomic E-state index is 13.6. The Morgan fingerprint density at radius 3 is 2.76 bits per heavy atom. The average Bonchev–Trinajstić information content (AvgIpc) is 2.93. The predicted molar refractivity (Wildman–Crippen MR) is 87.2 cm³/mol. The molecule has 1 heterocycles. The lowest BCUT2D eigenvalue weighted by Crippen LogP contribution is -2.23. The van der Waals surface area contributed by atoms with Gasteiger partial charge < -0.3 is 10.1 Å². The van der Waals surface area contributed by atoms with Crippen molar-refractivity contribution < 1.29 is 9.13 Å². The zero-order valence-corrected chi connectivity index (χ0v) is 13.9. The fraction of sp³-hybridized carbons (Fsp3) is 0.375. The van der Waals surface area contributed by atoms with Gasteiger partial charge in [-0.25, -0.2) is 4.39 Å². The highest BCUT2D eigenvalue weighted by molar-refractivity contribution is 7.10. The van der Waals surface area contributed by atoms with Gasteiger partial charge in [-0.05, 0) is 49.2 Å². The van der Waals surface area contributed by atoms with Crippen LogP contribution >= 0.6 is 22.9 Å². The van der Waals surface area contributed by atoms with Crippen molar-refractivity contribution >= 4 is 22.9 Å². The highest BCUT2D eigenvalue weighted by Gasteiger charge is 2.20. The van der Waals surface area contributed by atoms with Crippen LogP contribution in [0.15, 0.2) is 23.6 Å². The molecule has 0 bridgehead atoms.